The van der Waals surface area contributed by atoms with Gasteiger partial charge in [-0.2, -0.15) is 0 Å². The van der Waals surface area contributed by atoms with E-state index in [1.54, 1.807) is 0 Å². The van der Waals surface area contributed by atoms with Crippen molar-refractivity contribution in [2.24, 2.45) is 0 Å². The molecule has 6 nitrogen and oxygen atoms in total. The van der Waals surface area contributed by atoms with Crippen LogP contribution in [0.1, 0.15) is 37.2 Å². The van der Waals surface area contributed by atoms with Gasteiger partial charge in [-0.15, -0.1) is 0 Å². The second-order valence-corrected chi connectivity index (χ2v) is 6.69. The summed E-state index contributed by atoms with van der Waals surface area (Å²) in [6, 6.07) is 8.11. The molecule has 3 fully saturated rings. The standard InChI is InChI=1S/C18H22N2O4/c21-16-5-4-15(17(22)19-16)13-2-1-3-14(12-13)20-8-6-18(7-9-20)23-10-11-24-18/h1-3,12,15H,4-11H2,(H,19,21,22). The Morgan fingerprint density at radius 2 is 1.88 bits per heavy atom. The lowest BCUT2D eigenvalue weighted by Crippen LogP contribution is -2.45. The zero-order valence-corrected chi connectivity index (χ0v) is 13.6. The van der Waals surface area contributed by atoms with Crippen LogP contribution >= 0.6 is 0 Å². The van der Waals surface area contributed by atoms with E-state index in [2.05, 4.69) is 22.3 Å². The fraction of sp³-hybridized carbons (Fsp3) is 0.556. The van der Waals surface area contributed by atoms with E-state index in [1.807, 2.05) is 12.1 Å². The van der Waals surface area contributed by atoms with Crippen molar-refractivity contribution in [3.05, 3.63) is 29.8 Å². The molecular formula is C18H22N2O4. The minimum Gasteiger partial charge on any atom is -0.371 e. The molecule has 1 aromatic carbocycles. The topological polar surface area (TPSA) is 67.9 Å². The summed E-state index contributed by atoms with van der Waals surface area (Å²) < 4.78 is 11.5. The van der Waals surface area contributed by atoms with Gasteiger partial charge >= 0.3 is 0 Å². The van der Waals surface area contributed by atoms with Crippen molar-refractivity contribution >= 4 is 17.5 Å². The van der Waals surface area contributed by atoms with Gasteiger partial charge in [-0.25, -0.2) is 0 Å². The monoisotopic (exact) mass is 330 g/mol. The molecular weight excluding hydrogens is 308 g/mol. The number of amides is 2. The third kappa shape index (κ3) is 2.91. The molecule has 1 aromatic rings. The van der Waals surface area contributed by atoms with Gasteiger partial charge in [-0.3, -0.25) is 14.9 Å². The highest BCUT2D eigenvalue weighted by Crippen LogP contribution is 2.34. The molecule has 3 aliphatic rings. The highest BCUT2D eigenvalue weighted by molar-refractivity contribution is 6.01. The number of carbonyl (C=O) groups is 2. The Kier molecular flexibility index (Phi) is 4.02. The number of nitrogens with zero attached hydrogens (tertiary/aromatic N) is 1. The Hall–Kier alpha value is -1.92. The number of carbonyl (C=O) groups excluding carboxylic acids is 2. The number of hydrogen-bond acceptors (Lipinski definition) is 5. The molecule has 24 heavy (non-hydrogen) atoms. The van der Waals surface area contributed by atoms with Gasteiger partial charge in [0, 0.05) is 38.0 Å². The van der Waals surface area contributed by atoms with Crippen LogP contribution in [0.25, 0.3) is 0 Å². The predicted octanol–water partition coefficient (Wildman–Crippen LogP) is 1.55. The average Bonchev–Trinajstić information content (AvgIpc) is 3.04. The zero-order valence-electron chi connectivity index (χ0n) is 13.6. The molecule has 0 aliphatic carbocycles. The van der Waals surface area contributed by atoms with E-state index in [0.29, 0.717) is 26.1 Å². The van der Waals surface area contributed by atoms with Crippen LogP contribution in [0.2, 0.25) is 0 Å². The zero-order chi connectivity index (χ0) is 16.6. The molecule has 3 aliphatic heterocycles. The number of imide groups is 1. The van der Waals surface area contributed by atoms with E-state index in [-0.39, 0.29) is 23.5 Å². The fourth-order valence-electron chi connectivity index (χ4n) is 3.84. The van der Waals surface area contributed by atoms with Crippen LogP contribution in [0.3, 0.4) is 0 Å². The first-order valence-electron chi connectivity index (χ1n) is 8.62. The van der Waals surface area contributed by atoms with E-state index in [0.717, 1.165) is 37.2 Å². The second kappa shape index (κ2) is 6.18. The molecule has 0 bridgehead atoms. The van der Waals surface area contributed by atoms with Crippen molar-refractivity contribution in [2.75, 3.05) is 31.2 Å². The van der Waals surface area contributed by atoms with Crippen molar-refractivity contribution in [3.63, 3.8) is 0 Å². The van der Waals surface area contributed by atoms with Crippen LogP contribution in [0.5, 0.6) is 0 Å². The summed E-state index contributed by atoms with van der Waals surface area (Å²) in [6.07, 6.45) is 2.70. The van der Waals surface area contributed by atoms with Gasteiger partial charge in [-0.05, 0) is 24.1 Å². The maximum atomic E-state index is 12.1. The lowest BCUT2D eigenvalue weighted by molar-refractivity contribution is -0.169. The largest absolute Gasteiger partial charge is 0.371 e. The number of ether oxygens (including phenoxy) is 2. The predicted molar refractivity (Wildman–Crippen MR) is 87.6 cm³/mol. The van der Waals surface area contributed by atoms with Crippen LogP contribution in [0, 0.1) is 0 Å². The highest BCUT2D eigenvalue weighted by atomic mass is 16.7. The van der Waals surface area contributed by atoms with E-state index < -0.39 is 0 Å². The van der Waals surface area contributed by atoms with Crippen molar-refractivity contribution in [1.82, 2.24) is 5.32 Å². The van der Waals surface area contributed by atoms with E-state index in [4.69, 9.17) is 9.47 Å². The molecule has 3 heterocycles. The van der Waals surface area contributed by atoms with Gasteiger partial charge < -0.3 is 14.4 Å². The highest BCUT2D eigenvalue weighted by Gasteiger charge is 2.40. The molecule has 0 saturated carbocycles. The summed E-state index contributed by atoms with van der Waals surface area (Å²) in [6.45, 7) is 3.12. The summed E-state index contributed by atoms with van der Waals surface area (Å²) in [5.74, 6) is -0.975. The SMILES string of the molecule is O=C1CCC(c2cccc(N3CCC4(CC3)OCCO4)c2)C(=O)N1. The molecule has 128 valence electrons. The molecule has 2 amide bonds. The first-order chi connectivity index (χ1) is 11.7. The van der Waals surface area contributed by atoms with Crippen molar-refractivity contribution < 1.29 is 19.1 Å². The van der Waals surface area contributed by atoms with Crippen LogP contribution in [0.4, 0.5) is 5.69 Å². The lowest BCUT2D eigenvalue weighted by Gasteiger charge is -2.39. The molecule has 1 N–H and O–H groups in total. The third-order valence-electron chi connectivity index (χ3n) is 5.22. The van der Waals surface area contributed by atoms with Gasteiger partial charge in [0.05, 0.1) is 19.1 Å². The van der Waals surface area contributed by atoms with Crippen LogP contribution in [-0.2, 0) is 19.1 Å². The summed E-state index contributed by atoms with van der Waals surface area (Å²) in [4.78, 5) is 25.7. The first kappa shape index (κ1) is 15.6. The summed E-state index contributed by atoms with van der Waals surface area (Å²) in [5, 5.41) is 2.44. The molecule has 0 aromatic heterocycles. The number of piperidine rings is 2. The maximum Gasteiger partial charge on any atom is 0.234 e. The summed E-state index contributed by atoms with van der Waals surface area (Å²) in [5.41, 5.74) is 2.09. The Bertz CT molecular complexity index is 644. The molecule has 3 saturated heterocycles. The Morgan fingerprint density at radius 1 is 1.12 bits per heavy atom. The maximum absolute atomic E-state index is 12.1. The van der Waals surface area contributed by atoms with Gasteiger partial charge in [0.15, 0.2) is 5.79 Å². The molecule has 4 rings (SSSR count). The average molecular weight is 330 g/mol. The van der Waals surface area contributed by atoms with Crippen LogP contribution in [0.15, 0.2) is 24.3 Å². The fourth-order valence-corrected chi connectivity index (χ4v) is 3.84. The molecule has 1 spiro atoms. The molecule has 0 radical (unpaired) electrons. The quantitative estimate of drug-likeness (QED) is 0.834. The summed E-state index contributed by atoms with van der Waals surface area (Å²) >= 11 is 0. The van der Waals surface area contributed by atoms with Crippen LogP contribution in [-0.4, -0.2) is 43.9 Å². The van der Waals surface area contributed by atoms with E-state index in [9.17, 15) is 9.59 Å². The number of benzene rings is 1. The minimum absolute atomic E-state index is 0.176. The van der Waals surface area contributed by atoms with Crippen LogP contribution < -0.4 is 10.2 Å². The van der Waals surface area contributed by atoms with Crippen molar-refractivity contribution in [1.29, 1.82) is 0 Å². The second-order valence-electron chi connectivity index (χ2n) is 6.69. The number of nitrogens with one attached hydrogen (secondary N) is 1. The Morgan fingerprint density at radius 3 is 2.58 bits per heavy atom. The van der Waals surface area contributed by atoms with E-state index >= 15 is 0 Å². The normalized spacial score (nSPS) is 26.7. The van der Waals surface area contributed by atoms with Crippen molar-refractivity contribution in [3.8, 4) is 0 Å². The Balaban J connectivity index is 1.47. The summed E-state index contributed by atoms with van der Waals surface area (Å²) in [7, 11) is 0. The molecule has 6 heteroatoms. The van der Waals surface area contributed by atoms with Gasteiger partial charge in [0.1, 0.15) is 0 Å². The van der Waals surface area contributed by atoms with E-state index in [1.165, 1.54) is 0 Å². The van der Waals surface area contributed by atoms with Gasteiger partial charge in [0.25, 0.3) is 0 Å². The van der Waals surface area contributed by atoms with Gasteiger partial charge in [-0.1, -0.05) is 12.1 Å². The third-order valence-corrected chi connectivity index (χ3v) is 5.22. The number of rotatable bonds is 2. The van der Waals surface area contributed by atoms with Crippen molar-refractivity contribution in [2.45, 2.75) is 37.4 Å². The molecule has 1 unspecified atom stereocenters. The number of anilines is 1. The minimum atomic E-state index is -0.377. The Labute approximate surface area is 141 Å². The van der Waals surface area contributed by atoms with Gasteiger partial charge in [0.2, 0.25) is 11.8 Å². The molecule has 1 atom stereocenters. The lowest BCUT2D eigenvalue weighted by atomic mass is 9.90. The number of hydrogen-bond donors (Lipinski definition) is 1. The first-order valence-corrected chi connectivity index (χ1v) is 8.62. The smallest absolute Gasteiger partial charge is 0.234 e.